The van der Waals surface area contributed by atoms with Crippen LogP contribution in [0.3, 0.4) is 0 Å². The van der Waals surface area contributed by atoms with E-state index in [1.165, 1.54) is 46.6 Å². The maximum absolute atomic E-state index is 14.8. The van der Waals surface area contributed by atoms with Gasteiger partial charge in [-0.15, -0.1) is 0 Å². The first-order chi connectivity index (χ1) is 18.0. The van der Waals surface area contributed by atoms with Gasteiger partial charge in [-0.25, -0.2) is 14.2 Å². The van der Waals surface area contributed by atoms with Gasteiger partial charge in [0.1, 0.15) is 23.7 Å². The van der Waals surface area contributed by atoms with Gasteiger partial charge in [-0.2, -0.15) is 0 Å². The molecular formula is C27H35FN2O8. The summed E-state index contributed by atoms with van der Waals surface area (Å²) in [6, 6.07) is 4.87. The van der Waals surface area contributed by atoms with Crippen LogP contribution in [-0.4, -0.2) is 62.9 Å². The number of esters is 2. The summed E-state index contributed by atoms with van der Waals surface area (Å²) in [5, 5.41) is 2.51. The number of rotatable bonds is 13. The van der Waals surface area contributed by atoms with Gasteiger partial charge in [0.15, 0.2) is 11.4 Å². The fourth-order valence-electron chi connectivity index (χ4n) is 3.94. The number of nitrogens with one attached hydrogen (secondary N) is 1. The van der Waals surface area contributed by atoms with Crippen molar-refractivity contribution in [2.45, 2.75) is 52.2 Å². The molecule has 1 N–H and O–H groups in total. The molecule has 0 bridgehead atoms. The topological polar surface area (TPSA) is 122 Å². The second kappa shape index (κ2) is 14.3. The standard InChI is InChI=1S/C27H35FN2O8/c1-15(2)23(19-9-8-18(35-6)14-20(19)28)17(4)37-27(33)16(3)30-26(32)24-25(21(36-7)10-12-29-24)38-22(31)11-13-34-5/h8-10,12,14-17,23H,11,13H2,1-7H3,(H,30,32)/t16-,17-,23+/m0/s1. The number of carbonyl (C=O) groups is 3. The van der Waals surface area contributed by atoms with E-state index in [1.807, 2.05) is 13.8 Å². The maximum atomic E-state index is 14.8. The summed E-state index contributed by atoms with van der Waals surface area (Å²) in [5.41, 5.74) is 0.140. The highest BCUT2D eigenvalue weighted by Crippen LogP contribution is 2.33. The number of hydrogen-bond acceptors (Lipinski definition) is 9. The molecule has 1 amide bonds. The predicted molar refractivity (Wildman–Crippen MR) is 136 cm³/mol. The summed E-state index contributed by atoms with van der Waals surface area (Å²) in [5.74, 6) is -2.84. The lowest BCUT2D eigenvalue weighted by Gasteiger charge is -2.29. The summed E-state index contributed by atoms with van der Waals surface area (Å²) in [6.07, 6.45) is 0.543. The van der Waals surface area contributed by atoms with Crippen molar-refractivity contribution in [3.05, 3.63) is 47.5 Å². The van der Waals surface area contributed by atoms with Gasteiger partial charge in [0.05, 0.1) is 27.2 Å². The van der Waals surface area contributed by atoms with Crippen LogP contribution in [0.2, 0.25) is 0 Å². The van der Waals surface area contributed by atoms with Crippen LogP contribution in [0.4, 0.5) is 4.39 Å². The molecule has 0 aliphatic rings. The van der Waals surface area contributed by atoms with Gasteiger partial charge in [-0.1, -0.05) is 19.9 Å². The fourth-order valence-corrected chi connectivity index (χ4v) is 3.94. The van der Waals surface area contributed by atoms with Gasteiger partial charge in [0.25, 0.3) is 5.91 Å². The minimum atomic E-state index is -1.09. The molecule has 38 heavy (non-hydrogen) atoms. The number of nitrogens with zero attached hydrogens (tertiary/aromatic N) is 1. The molecule has 208 valence electrons. The summed E-state index contributed by atoms with van der Waals surface area (Å²) in [4.78, 5) is 42.0. The molecule has 0 saturated heterocycles. The molecule has 0 spiro atoms. The molecule has 0 unspecified atom stereocenters. The van der Waals surface area contributed by atoms with E-state index in [4.69, 9.17) is 23.7 Å². The molecule has 0 saturated carbocycles. The summed E-state index contributed by atoms with van der Waals surface area (Å²) < 4.78 is 40.9. The minimum Gasteiger partial charge on any atom is -0.497 e. The number of ether oxygens (including phenoxy) is 5. The van der Waals surface area contributed by atoms with Crippen molar-refractivity contribution < 1.29 is 42.5 Å². The molecular weight excluding hydrogens is 499 g/mol. The van der Waals surface area contributed by atoms with Crippen LogP contribution < -0.4 is 19.5 Å². The van der Waals surface area contributed by atoms with Gasteiger partial charge < -0.3 is 29.0 Å². The van der Waals surface area contributed by atoms with E-state index in [2.05, 4.69) is 10.3 Å². The van der Waals surface area contributed by atoms with Crippen LogP contribution in [0, 0.1) is 11.7 Å². The van der Waals surface area contributed by atoms with E-state index in [1.54, 1.807) is 19.1 Å². The molecule has 0 radical (unpaired) electrons. The van der Waals surface area contributed by atoms with E-state index in [9.17, 15) is 18.8 Å². The Morgan fingerprint density at radius 1 is 1.03 bits per heavy atom. The van der Waals surface area contributed by atoms with Crippen molar-refractivity contribution in [1.82, 2.24) is 10.3 Å². The number of hydrogen-bond donors (Lipinski definition) is 1. The average Bonchev–Trinajstić information content (AvgIpc) is 2.88. The van der Waals surface area contributed by atoms with E-state index in [0.717, 1.165) is 0 Å². The Morgan fingerprint density at radius 3 is 2.32 bits per heavy atom. The van der Waals surface area contributed by atoms with Crippen LogP contribution >= 0.6 is 0 Å². The lowest BCUT2D eigenvalue weighted by atomic mass is 9.84. The summed E-state index contributed by atoms with van der Waals surface area (Å²) in [6.45, 7) is 7.03. The van der Waals surface area contributed by atoms with Gasteiger partial charge in [0, 0.05) is 31.4 Å². The van der Waals surface area contributed by atoms with Crippen molar-refractivity contribution in [3.8, 4) is 17.2 Å². The molecule has 1 aromatic carbocycles. The maximum Gasteiger partial charge on any atom is 0.328 e. The van der Waals surface area contributed by atoms with E-state index in [0.29, 0.717) is 11.3 Å². The Morgan fingerprint density at radius 2 is 1.74 bits per heavy atom. The zero-order valence-corrected chi connectivity index (χ0v) is 22.7. The molecule has 0 aliphatic carbocycles. The normalized spacial score (nSPS) is 13.3. The van der Waals surface area contributed by atoms with Gasteiger partial charge in [0.2, 0.25) is 5.75 Å². The number of pyridine rings is 1. The Hall–Kier alpha value is -3.73. The van der Waals surface area contributed by atoms with Crippen molar-refractivity contribution in [2.24, 2.45) is 5.92 Å². The molecule has 2 aromatic rings. The highest BCUT2D eigenvalue weighted by atomic mass is 19.1. The number of methoxy groups -OCH3 is 3. The molecule has 2 rings (SSSR count). The Balaban J connectivity index is 2.16. The Labute approximate surface area is 221 Å². The molecule has 10 nitrogen and oxygen atoms in total. The van der Waals surface area contributed by atoms with Crippen molar-refractivity contribution in [2.75, 3.05) is 27.9 Å². The number of carbonyl (C=O) groups excluding carboxylic acids is 3. The second-order valence-electron chi connectivity index (χ2n) is 8.90. The Bertz CT molecular complexity index is 1120. The van der Waals surface area contributed by atoms with Crippen molar-refractivity contribution in [1.29, 1.82) is 0 Å². The SMILES string of the molecule is COCCC(=O)Oc1c(OC)ccnc1C(=O)N[C@@H](C)C(=O)O[C@@H](C)[C@H](c1ccc(OC)cc1F)C(C)C. The van der Waals surface area contributed by atoms with Gasteiger partial charge in [-0.3, -0.25) is 9.59 Å². The zero-order valence-electron chi connectivity index (χ0n) is 22.7. The highest BCUT2D eigenvalue weighted by Gasteiger charge is 2.31. The predicted octanol–water partition coefficient (Wildman–Crippen LogP) is 3.67. The lowest BCUT2D eigenvalue weighted by Crippen LogP contribution is -2.42. The van der Waals surface area contributed by atoms with E-state index < -0.39 is 41.7 Å². The van der Waals surface area contributed by atoms with Crippen LogP contribution in [0.25, 0.3) is 0 Å². The summed E-state index contributed by atoms with van der Waals surface area (Å²) >= 11 is 0. The minimum absolute atomic E-state index is 0.0535. The first-order valence-corrected chi connectivity index (χ1v) is 12.1. The van der Waals surface area contributed by atoms with Crippen LogP contribution in [-0.2, 0) is 19.1 Å². The second-order valence-corrected chi connectivity index (χ2v) is 8.90. The third-order valence-electron chi connectivity index (χ3n) is 5.82. The van der Waals surface area contributed by atoms with Crippen LogP contribution in [0.15, 0.2) is 30.5 Å². The smallest absolute Gasteiger partial charge is 0.328 e. The molecule has 1 aromatic heterocycles. The van der Waals surface area contributed by atoms with Crippen LogP contribution in [0.1, 0.15) is 56.1 Å². The average molecular weight is 535 g/mol. The van der Waals surface area contributed by atoms with Gasteiger partial charge >= 0.3 is 11.9 Å². The third kappa shape index (κ3) is 7.88. The molecule has 0 aliphatic heterocycles. The lowest BCUT2D eigenvalue weighted by molar-refractivity contribution is -0.151. The first kappa shape index (κ1) is 30.5. The number of halogens is 1. The third-order valence-corrected chi connectivity index (χ3v) is 5.82. The largest absolute Gasteiger partial charge is 0.497 e. The number of benzene rings is 1. The Kier molecular flexibility index (Phi) is 11.5. The summed E-state index contributed by atoms with van der Waals surface area (Å²) in [7, 11) is 4.24. The fraction of sp³-hybridized carbons (Fsp3) is 0.481. The molecule has 0 fully saturated rings. The number of aromatic nitrogens is 1. The highest BCUT2D eigenvalue weighted by molar-refractivity contribution is 5.98. The zero-order chi connectivity index (χ0) is 28.4. The van der Waals surface area contributed by atoms with E-state index >= 15 is 0 Å². The first-order valence-electron chi connectivity index (χ1n) is 12.1. The molecule has 11 heteroatoms. The van der Waals surface area contributed by atoms with E-state index in [-0.39, 0.29) is 36.1 Å². The molecule has 3 atom stereocenters. The van der Waals surface area contributed by atoms with Crippen molar-refractivity contribution >= 4 is 17.8 Å². The number of amides is 1. The monoisotopic (exact) mass is 534 g/mol. The van der Waals surface area contributed by atoms with Gasteiger partial charge in [-0.05, 0) is 31.4 Å². The quantitative estimate of drug-likeness (QED) is 0.384. The van der Waals surface area contributed by atoms with Crippen LogP contribution in [0.5, 0.6) is 17.2 Å². The van der Waals surface area contributed by atoms with Crippen molar-refractivity contribution in [3.63, 3.8) is 0 Å². The molecule has 1 heterocycles.